The number of aromatic nitrogens is 1. The smallest absolute Gasteiger partial charge is 0.125 e. The van der Waals surface area contributed by atoms with Gasteiger partial charge in [-0.1, -0.05) is 28.9 Å². The molecule has 1 aliphatic rings. The lowest BCUT2D eigenvalue weighted by Crippen LogP contribution is -2.26. The van der Waals surface area contributed by atoms with Crippen molar-refractivity contribution < 1.29 is 4.74 Å². The molecule has 2 aromatic rings. The molecule has 1 aliphatic heterocycles. The van der Waals surface area contributed by atoms with Crippen molar-refractivity contribution in [3.8, 4) is 5.75 Å². The fourth-order valence-electron chi connectivity index (χ4n) is 2.73. The molecule has 0 fully saturated rings. The van der Waals surface area contributed by atoms with Crippen molar-refractivity contribution in [2.75, 3.05) is 6.61 Å². The minimum Gasteiger partial charge on any atom is -0.493 e. The molecule has 21 heavy (non-hydrogen) atoms. The minimum absolute atomic E-state index is 0.310. The first-order chi connectivity index (χ1) is 10.3. The SMILES string of the molecule is CCC(NC1CCCOc2cc(Br)ccc21)c1nccs1. The van der Waals surface area contributed by atoms with Gasteiger partial charge in [-0.3, -0.25) is 0 Å². The van der Waals surface area contributed by atoms with Crippen LogP contribution in [0.5, 0.6) is 5.75 Å². The van der Waals surface area contributed by atoms with Crippen molar-refractivity contribution in [1.29, 1.82) is 0 Å². The van der Waals surface area contributed by atoms with Crippen LogP contribution >= 0.6 is 27.3 Å². The summed E-state index contributed by atoms with van der Waals surface area (Å²) in [5, 5.41) is 6.99. The predicted octanol–water partition coefficient (Wildman–Crippen LogP) is 4.86. The van der Waals surface area contributed by atoms with Crippen LogP contribution in [0.15, 0.2) is 34.2 Å². The maximum atomic E-state index is 5.88. The first-order valence-electron chi connectivity index (χ1n) is 7.35. The molecule has 0 amide bonds. The number of nitrogens with one attached hydrogen (secondary N) is 1. The van der Waals surface area contributed by atoms with Crippen LogP contribution in [-0.2, 0) is 0 Å². The number of benzene rings is 1. The molecule has 0 radical (unpaired) electrons. The monoisotopic (exact) mass is 366 g/mol. The van der Waals surface area contributed by atoms with Gasteiger partial charge in [0.15, 0.2) is 0 Å². The summed E-state index contributed by atoms with van der Waals surface area (Å²) in [4.78, 5) is 4.46. The second-order valence-electron chi connectivity index (χ2n) is 5.22. The lowest BCUT2D eigenvalue weighted by molar-refractivity contribution is 0.314. The average molecular weight is 367 g/mol. The maximum absolute atomic E-state index is 5.88. The van der Waals surface area contributed by atoms with E-state index < -0.39 is 0 Å². The molecule has 0 aliphatic carbocycles. The fraction of sp³-hybridized carbons (Fsp3) is 0.438. The first-order valence-corrected chi connectivity index (χ1v) is 9.03. The minimum atomic E-state index is 0.310. The van der Waals surface area contributed by atoms with E-state index >= 15 is 0 Å². The highest BCUT2D eigenvalue weighted by atomic mass is 79.9. The molecule has 1 aromatic carbocycles. The highest BCUT2D eigenvalue weighted by molar-refractivity contribution is 9.10. The van der Waals surface area contributed by atoms with Crippen LogP contribution in [0.1, 0.15) is 48.8 Å². The summed E-state index contributed by atoms with van der Waals surface area (Å²) in [5.74, 6) is 0.994. The van der Waals surface area contributed by atoms with E-state index in [1.807, 2.05) is 11.6 Å². The molecule has 2 unspecified atom stereocenters. The molecule has 5 heteroatoms. The van der Waals surface area contributed by atoms with Gasteiger partial charge >= 0.3 is 0 Å². The van der Waals surface area contributed by atoms with Gasteiger partial charge in [0.2, 0.25) is 0 Å². The lowest BCUT2D eigenvalue weighted by Gasteiger charge is -2.24. The van der Waals surface area contributed by atoms with Crippen LogP contribution < -0.4 is 10.1 Å². The van der Waals surface area contributed by atoms with Gasteiger partial charge in [0, 0.05) is 27.7 Å². The van der Waals surface area contributed by atoms with Crippen LogP contribution in [0.2, 0.25) is 0 Å². The molecule has 0 spiro atoms. The average Bonchev–Trinajstić information content (AvgIpc) is 2.94. The number of halogens is 1. The van der Waals surface area contributed by atoms with Crippen molar-refractivity contribution >= 4 is 27.3 Å². The van der Waals surface area contributed by atoms with Crippen LogP contribution in [0.3, 0.4) is 0 Å². The molecule has 1 N–H and O–H groups in total. The third kappa shape index (κ3) is 3.47. The molecule has 3 rings (SSSR count). The Morgan fingerprint density at radius 2 is 2.43 bits per heavy atom. The Bertz CT molecular complexity index is 588. The van der Waals surface area contributed by atoms with Crippen molar-refractivity contribution in [2.24, 2.45) is 0 Å². The van der Waals surface area contributed by atoms with Gasteiger partial charge in [-0.2, -0.15) is 0 Å². The van der Waals surface area contributed by atoms with E-state index in [0.29, 0.717) is 12.1 Å². The third-order valence-electron chi connectivity index (χ3n) is 3.81. The Morgan fingerprint density at radius 3 is 3.19 bits per heavy atom. The quantitative estimate of drug-likeness (QED) is 0.838. The molecule has 112 valence electrons. The largest absolute Gasteiger partial charge is 0.493 e. The number of thiazole rings is 1. The lowest BCUT2D eigenvalue weighted by atomic mass is 10.0. The van der Waals surface area contributed by atoms with Gasteiger partial charge < -0.3 is 10.1 Å². The molecule has 1 aromatic heterocycles. The number of hydrogen-bond acceptors (Lipinski definition) is 4. The topological polar surface area (TPSA) is 34.1 Å². The van der Waals surface area contributed by atoms with Gasteiger partial charge in [-0.05, 0) is 31.4 Å². The molecule has 0 saturated heterocycles. The molecule has 0 saturated carbocycles. The van der Waals surface area contributed by atoms with Crippen molar-refractivity contribution in [1.82, 2.24) is 10.3 Å². The summed E-state index contributed by atoms with van der Waals surface area (Å²) in [7, 11) is 0. The predicted molar refractivity (Wildman–Crippen MR) is 89.9 cm³/mol. The zero-order valence-corrected chi connectivity index (χ0v) is 14.4. The van der Waals surface area contributed by atoms with E-state index in [-0.39, 0.29) is 0 Å². The van der Waals surface area contributed by atoms with Crippen molar-refractivity contribution in [2.45, 2.75) is 38.3 Å². The Kier molecular flexibility index (Phi) is 4.93. The van der Waals surface area contributed by atoms with Crippen LogP contribution in [0.25, 0.3) is 0 Å². The first kappa shape index (κ1) is 15.0. The number of hydrogen-bond donors (Lipinski definition) is 1. The van der Waals surface area contributed by atoms with Gasteiger partial charge in [0.05, 0.1) is 12.6 Å². The number of nitrogens with zero attached hydrogens (tertiary/aromatic N) is 1. The highest BCUT2D eigenvalue weighted by Crippen LogP contribution is 2.35. The summed E-state index contributed by atoms with van der Waals surface area (Å²) in [6, 6.07) is 6.96. The van der Waals surface area contributed by atoms with Gasteiger partial charge in [0.1, 0.15) is 10.8 Å². The Labute approximate surface area is 137 Å². The maximum Gasteiger partial charge on any atom is 0.125 e. The Balaban J connectivity index is 1.85. The number of ether oxygens (including phenoxy) is 1. The molecular formula is C16H19BrN2OS. The van der Waals surface area contributed by atoms with E-state index in [1.165, 1.54) is 10.6 Å². The summed E-state index contributed by atoms with van der Waals surface area (Å²) in [6.45, 7) is 2.99. The molecule has 2 atom stereocenters. The van der Waals surface area contributed by atoms with Crippen LogP contribution in [0.4, 0.5) is 0 Å². The highest BCUT2D eigenvalue weighted by Gasteiger charge is 2.23. The van der Waals surface area contributed by atoms with Gasteiger partial charge in [-0.25, -0.2) is 4.98 Å². The molecule has 0 bridgehead atoms. The number of rotatable bonds is 4. The summed E-state index contributed by atoms with van der Waals surface area (Å²) in [5.41, 5.74) is 1.26. The van der Waals surface area contributed by atoms with E-state index in [9.17, 15) is 0 Å². The van der Waals surface area contributed by atoms with Crippen molar-refractivity contribution in [3.05, 3.63) is 44.8 Å². The molecular weight excluding hydrogens is 348 g/mol. The second-order valence-corrected chi connectivity index (χ2v) is 7.07. The van der Waals surface area contributed by atoms with Crippen LogP contribution in [-0.4, -0.2) is 11.6 Å². The fourth-order valence-corrected chi connectivity index (χ4v) is 3.85. The normalized spacial score (nSPS) is 19.4. The summed E-state index contributed by atoms with van der Waals surface area (Å²) >= 11 is 5.24. The number of fused-ring (bicyclic) bond motifs is 1. The second kappa shape index (κ2) is 6.90. The third-order valence-corrected chi connectivity index (χ3v) is 5.19. The standard InChI is InChI=1S/C16H19BrN2OS/c1-2-13(16-18-7-9-21-16)19-14-4-3-8-20-15-10-11(17)5-6-12(14)15/h5-7,9-10,13-14,19H,2-4,8H2,1H3. The Morgan fingerprint density at radius 1 is 1.52 bits per heavy atom. The Hall–Kier alpha value is -0.910. The van der Waals surface area contributed by atoms with E-state index in [0.717, 1.165) is 36.1 Å². The molecule has 3 nitrogen and oxygen atoms in total. The van der Waals surface area contributed by atoms with Crippen LogP contribution in [0, 0.1) is 0 Å². The van der Waals surface area contributed by atoms with E-state index in [4.69, 9.17) is 4.74 Å². The summed E-state index contributed by atoms with van der Waals surface area (Å²) in [6.07, 6.45) is 5.08. The zero-order valence-electron chi connectivity index (χ0n) is 12.0. The van der Waals surface area contributed by atoms with E-state index in [2.05, 4.69) is 51.4 Å². The zero-order chi connectivity index (χ0) is 14.7. The van der Waals surface area contributed by atoms with Crippen molar-refractivity contribution in [3.63, 3.8) is 0 Å². The van der Waals surface area contributed by atoms with Gasteiger partial charge in [-0.15, -0.1) is 11.3 Å². The van der Waals surface area contributed by atoms with Gasteiger partial charge in [0.25, 0.3) is 0 Å². The summed E-state index contributed by atoms with van der Waals surface area (Å²) < 4.78 is 6.95. The van der Waals surface area contributed by atoms with E-state index in [1.54, 1.807) is 11.3 Å². The molecule has 2 heterocycles.